The molecule has 4 heteroatoms. The minimum Gasteiger partial charge on any atom is -0.351 e. The standard InChI is InChI=1S/C14H15ClN2O/c15-8-7-14(5-6-14)10-17-13(18)12-3-1-11(9-16)2-4-12/h1-4H,5-8,10H2,(H,17,18). The molecule has 1 aliphatic carbocycles. The van der Waals surface area contributed by atoms with Gasteiger partial charge in [0, 0.05) is 18.0 Å². The molecule has 0 radical (unpaired) electrons. The fraction of sp³-hybridized carbons (Fsp3) is 0.429. The molecular weight excluding hydrogens is 248 g/mol. The second-order valence-corrected chi connectivity index (χ2v) is 5.19. The summed E-state index contributed by atoms with van der Waals surface area (Å²) in [5.74, 6) is 0.563. The molecule has 94 valence electrons. The lowest BCUT2D eigenvalue weighted by Crippen LogP contribution is -2.30. The van der Waals surface area contributed by atoms with E-state index < -0.39 is 0 Å². The molecule has 0 aromatic heterocycles. The van der Waals surface area contributed by atoms with Gasteiger partial charge in [0.2, 0.25) is 0 Å². The molecule has 0 aliphatic heterocycles. The van der Waals surface area contributed by atoms with E-state index in [9.17, 15) is 4.79 Å². The molecule has 1 saturated carbocycles. The fourth-order valence-corrected chi connectivity index (χ4v) is 2.36. The van der Waals surface area contributed by atoms with Crippen molar-refractivity contribution in [3.63, 3.8) is 0 Å². The van der Waals surface area contributed by atoms with Gasteiger partial charge in [0.05, 0.1) is 11.6 Å². The average Bonchev–Trinajstić information content (AvgIpc) is 3.17. The Labute approximate surface area is 112 Å². The first kappa shape index (κ1) is 12.9. The third kappa shape index (κ3) is 3.02. The Morgan fingerprint density at radius 3 is 2.56 bits per heavy atom. The number of benzene rings is 1. The lowest BCUT2D eigenvalue weighted by Gasteiger charge is -2.14. The zero-order chi connectivity index (χ0) is 13.0. The molecule has 2 rings (SSSR count). The Morgan fingerprint density at radius 1 is 1.39 bits per heavy atom. The van der Waals surface area contributed by atoms with Gasteiger partial charge in [-0.2, -0.15) is 5.26 Å². The minimum atomic E-state index is -0.0830. The third-order valence-corrected chi connectivity index (χ3v) is 3.67. The smallest absolute Gasteiger partial charge is 0.251 e. The molecule has 3 nitrogen and oxygen atoms in total. The fourth-order valence-electron chi connectivity index (χ4n) is 1.96. The highest BCUT2D eigenvalue weighted by atomic mass is 35.5. The molecule has 1 fully saturated rings. The summed E-state index contributed by atoms with van der Waals surface area (Å²) in [6.45, 7) is 0.693. The predicted molar refractivity (Wildman–Crippen MR) is 70.5 cm³/mol. The number of nitriles is 1. The number of nitrogens with zero attached hydrogens (tertiary/aromatic N) is 1. The summed E-state index contributed by atoms with van der Waals surface area (Å²) in [6.07, 6.45) is 3.25. The summed E-state index contributed by atoms with van der Waals surface area (Å²) in [5, 5.41) is 11.6. The van der Waals surface area contributed by atoms with Crippen molar-refractivity contribution in [3.8, 4) is 6.07 Å². The van der Waals surface area contributed by atoms with E-state index in [0.29, 0.717) is 23.6 Å². The van der Waals surface area contributed by atoms with Gasteiger partial charge in [-0.15, -0.1) is 11.6 Å². The Morgan fingerprint density at radius 2 is 2.06 bits per heavy atom. The van der Waals surface area contributed by atoms with Crippen LogP contribution in [0.15, 0.2) is 24.3 Å². The van der Waals surface area contributed by atoms with Crippen LogP contribution in [0.4, 0.5) is 0 Å². The van der Waals surface area contributed by atoms with E-state index in [-0.39, 0.29) is 11.3 Å². The van der Waals surface area contributed by atoms with Crippen molar-refractivity contribution in [2.45, 2.75) is 19.3 Å². The normalized spacial score (nSPS) is 15.8. The van der Waals surface area contributed by atoms with Crippen molar-refractivity contribution in [1.29, 1.82) is 5.26 Å². The topological polar surface area (TPSA) is 52.9 Å². The highest BCUT2D eigenvalue weighted by Gasteiger charge is 2.41. The van der Waals surface area contributed by atoms with Crippen LogP contribution in [0.2, 0.25) is 0 Å². The molecule has 0 atom stereocenters. The van der Waals surface area contributed by atoms with E-state index in [1.807, 2.05) is 6.07 Å². The maximum Gasteiger partial charge on any atom is 0.251 e. The molecule has 0 spiro atoms. The number of halogens is 1. The second kappa shape index (κ2) is 5.41. The minimum absolute atomic E-state index is 0.0830. The molecule has 0 heterocycles. The number of carbonyl (C=O) groups excluding carboxylic acids is 1. The van der Waals surface area contributed by atoms with Crippen molar-refractivity contribution >= 4 is 17.5 Å². The predicted octanol–water partition coefficient (Wildman–Crippen LogP) is 2.70. The van der Waals surface area contributed by atoms with Gasteiger partial charge >= 0.3 is 0 Å². The van der Waals surface area contributed by atoms with Crippen molar-refractivity contribution in [2.75, 3.05) is 12.4 Å². The van der Waals surface area contributed by atoms with Crippen LogP contribution in [0.25, 0.3) is 0 Å². The number of amides is 1. The van der Waals surface area contributed by atoms with Gasteiger partial charge in [-0.1, -0.05) is 0 Å². The van der Waals surface area contributed by atoms with Gasteiger partial charge in [0.15, 0.2) is 0 Å². The van der Waals surface area contributed by atoms with Crippen molar-refractivity contribution < 1.29 is 4.79 Å². The van der Waals surface area contributed by atoms with Crippen molar-refractivity contribution in [2.24, 2.45) is 5.41 Å². The Bertz CT molecular complexity index is 472. The Balaban J connectivity index is 1.90. The zero-order valence-corrected chi connectivity index (χ0v) is 10.8. The van der Waals surface area contributed by atoms with Crippen LogP contribution in [-0.2, 0) is 0 Å². The summed E-state index contributed by atoms with van der Waals surface area (Å²) < 4.78 is 0. The summed E-state index contributed by atoms with van der Waals surface area (Å²) in [6, 6.07) is 8.69. The van der Waals surface area contributed by atoms with Gasteiger partial charge in [-0.3, -0.25) is 4.79 Å². The summed E-state index contributed by atoms with van der Waals surface area (Å²) >= 11 is 5.75. The van der Waals surface area contributed by atoms with Crippen molar-refractivity contribution in [3.05, 3.63) is 35.4 Å². The maximum absolute atomic E-state index is 11.9. The zero-order valence-electron chi connectivity index (χ0n) is 10.1. The molecule has 1 amide bonds. The molecule has 0 saturated heterocycles. The highest BCUT2D eigenvalue weighted by molar-refractivity contribution is 6.17. The quantitative estimate of drug-likeness (QED) is 0.830. The summed E-state index contributed by atoms with van der Waals surface area (Å²) in [5.41, 5.74) is 1.40. The molecule has 18 heavy (non-hydrogen) atoms. The second-order valence-electron chi connectivity index (χ2n) is 4.81. The van der Waals surface area contributed by atoms with E-state index in [1.165, 1.54) is 0 Å². The van der Waals surface area contributed by atoms with E-state index in [2.05, 4.69) is 5.32 Å². The van der Waals surface area contributed by atoms with Crippen LogP contribution >= 0.6 is 11.6 Å². The van der Waals surface area contributed by atoms with Gasteiger partial charge in [0.25, 0.3) is 5.91 Å². The van der Waals surface area contributed by atoms with Gasteiger partial charge in [-0.05, 0) is 48.9 Å². The van der Waals surface area contributed by atoms with Crippen LogP contribution in [0.3, 0.4) is 0 Å². The van der Waals surface area contributed by atoms with Gasteiger partial charge in [-0.25, -0.2) is 0 Å². The SMILES string of the molecule is N#Cc1ccc(C(=O)NCC2(CCCl)CC2)cc1. The largest absolute Gasteiger partial charge is 0.351 e. The molecule has 0 unspecified atom stereocenters. The van der Waals surface area contributed by atoms with E-state index in [1.54, 1.807) is 24.3 Å². The number of rotatable bonds is 5. The molecular formula is C14H15ClN2O. The van der Waals surface area contributed by atoms with Gasteiger partial charge in [0.1, 0.15) is 0 Å². The monoisotopic (exact) mass is 262 g/mol. The Kier molecular flexibility index (Phi) is 3.88. The molecule has 0 bridgehead atoms. The lowest BCUT2D eigenvalue weighted by molar-refractivity contribution is 0.0944. The molecule has 1 N–H and O–H groups in total. The van der Waals surface area contributed by atoms with Crippen LogP contribution in [0.1, 0.15) is 35.2 Å². The summed E-state index contributed by atoms with van der Waals surface area (Å²) in [7, 11) is 0. The number of nitrogens with one attached hydrogen (secondary N) is 1. The number of hydrogen-bond donors (Lipinski definition) is 1. The lowest BCUT2D eigenvalue weighted by atomic mass is 10.0. The van der Waals surface area contributed by atoms with Crippen molar-refractivity contribution in [1.82, 2.24) is 5.32 Å². The highest BCUT2D eigenvalue weighted by Crippen LogP contribution is 2.48. The summed E-state index contributed by atoms with van der Waals surface area (Å²) in [4.78, 5) is 11.9. The van der Waals surface area contributed by atoms with Crippen LogP contribution < -0.4 is 5.32 Å². The first-order valence-corrected chi connectivity index (χ1v) is 6.57. The Hall–Kier alpha value is -1.53. The van der Waals surface area contributed by atoms with Crippen LogP contribution in [0.5, 0.6) is 0 Å². The first-order chi connectivity index (χ1) is 8.69. The third-order valence-electron chi connectivity index (χ3n) is 3.48. The van der Waals surface area contributed by atoms with Crippen LogP contribution in [-0.4, -0.2) is 18.3 Å². The van der Waals surface area contributed by atoms with E-state index >= 15 is 0 Å². The number of alkyl halides is 1. The van der Waals surface area contributed by atoms with Gasteiger partial charge < -0.3 is 5.32 Å². The first-order valence-electron chi connectivity index (χ1n) is 6.03. The average molecular weight is 263 g/mol. The number of hydrogen-bond acceptors (Lipinski definition) is 2. The molecule has 1 aromatic carbocycles. The number of carbonyl (C=O) groups is 1. The maximum atomic E-state index is 11.9. The van der Waals surface area contributed by atoms with E-state index in [4.69, 9.17) is 16.9 Å². The molecule has 1 aromatic rings. The van der Waals surface area contributed by atoms with Crippen LogP contribution in [0, 0.1) is 16.7 Å². The van der Waals surface area contributed by atoms with E-state index in [0.717, 1.165) is 19.3 Å². The molecule has 1 aliphatic rings.